The third-order valence-electron chi connectivity index (χ3n) is 4.27. The number of amides is 1. The van der Waals surface area contributed by atoms with E-state index in [-0.39, 0.29) is 18.3 Å². The van der Waals surface area contributed by atoms with Gasteiger partial charge < -0.3 is 10.1 Å². The Bertz CT molecular complexity index is 760. The summed E-state index contributed by atoms with van der Waals surface area (Å²) in [4.78, 5) is 13.7. The lowest BCUT2D eigenvalue weighted by Gasteiger charge is -2.27. The van der Waals surface area contributed by atoms with Crippen molar-refractivity contribution in [2.75, 3.05) is 20.3 Å². The number of benzene rings is 1. The molecule has 25 heavy (non-hydrogen) atoms. The van der Waals surface area contributed by atoms with E-state index in [0.29, 0.717) is 25.2 Å². The third-order valence-corrected chi connectivity index (χ3v) is 4.27. The summed E-state index contributed by atoms with van der Waals surface area (Å²) in [6.07, 6.45) is 0. The van der Waals surface area contributed by atoms with Gasteiger partial charge in [-0.2, -0.15) is 5.10 Å². The molecule has 1 aliphatic rings. The summed E-state index contributed by atoms with van der Waals surface area (Å²) in [6, 6.07) is 7.36. The van der Waals surface area contributed by atoms with Crippen LogP contribution in [0, 0.1) is 12.7 Å². The van der Waals surface area contributed by atoms with Crippen LogP contribution in [0.2, 0.25) is 0 Å². The van der Waals surface area contributed by atoms with Gasteiger partial charge in [-0.25, -0.2) is 4.39 Å². The van der Waals surface area contributed by atoms with Crippen molar-refractivity contribution in [2.45, 2.75) is 33.1 Å². The first-order chi connectivity index (χ1) is 12.0. The minimum absolute atomic E-state index is 0.0451. The molecule has 6 nitrogen and oxygen atoms in total. The van der Waals surface area contributed by atoms with E-state index in [2.05, 4.69) is 15.3 Å². The van der Waals surface area contributed by atoms with Crippen molar-refractivity contribution >= 4 is 5.91 Å². The van der Waals surface area contributed by atoms with Gasteiger partial charge in [0.15, 0.2) is 0 Å². The number of methoxy groups -OCH3 is 1. The largest absolute Gasteiger partial charge is 0.375 e. The number of fused-ring (bicyclic) bond motifs is 1. The van der Waals surface area contributed by atoms with Gasteiger partial charge in [-0.05, 0) is 24.6 Å². The van der Waals surface area contributed by atoms with E-state index >= 15 is 0 Å². The van der Waals surface area contributed by atoms with Gasteiger partial charge in [0.25, 0.3) is 0 Å². The van der Waals surface area contributed by atoms with Gasteiger partial charge in [0.05, 0.1) is 24.5 Å². The van der Waals surface area contributed by atoms with Crippen molar-refractivity contribution in [3.8, 4) is 0 Å². The molecule has 0 radical (unpaired) electrons. The first-order valence-electron chi connectivity index (χ1n) is 8.34. The van der Waals surface area contributed by atoms with E-state index in [1.807, 2.05) is 29.8 Å². The number of hydrogen-bond acceptors (Lipinski definition) is 4. The Morgan fingerprint density at radius 1 is 1.36 bits per heavy atom. The second-order valence-corrected chi connectivity index (χ2v) is 6.37. The molecular weight excluding hydrogens is 323 g/mol. The number of nitrogens with one attached hydrogen (secondary N) is 1. The highest BCUT2D eigenvalue weighted by atomic mass is 19.1. The van der Waals surface area contributed by atoms with E-state index < -0.39 is 0 Å². The number of hydrogen-bond donors (Lipinski definition) is 1. The number of nitrogens with zero attached hydrogens (tertiary/aromatic N) is 3. The van der Waals surface area contributed by atoms with Crippen LogP contribution >= 0.6 is 0 Å². The molecule has 134 valence electrons. The fourth-order valence-electron chi connectivity index (χ4n) is 2.99. The van der Waals surface area contributed by atoms with Crippen LogP contribution in [0.25, 0.3) is 0 Å². The van der Waals surface area contributed by atoms with Crippen LogP contribution in [-0.4, -0.2) is 40.8 Å². The summed E-state index contributed by atoms with van der Waals surface area (Å²) < 4.78 is 20.8. The lowest BCUT2D eigenvalue weighted by atomic mass is 10.1. The number of aryl methyl sites for hydroxylation is 1. The standard InChI is InChI=1S/C18H23FN4O2/c1-13-3-4-14(17(19)7-13)10-22-5-6-23-16(11-22)8-15(21-23)9-20-18(24)12-25-2/h3-4,7-8H,5-6,9-12H2,1-2H3,(H,20,24). The van der Waals surface area contributed by atoms with Gasteiger partial charge in [-0.3, -0.25) is 14.4 Å². The fraction of sp³-hybridized carbons (Fsp3) is 0.444. The maximum Gasteiger partial charge on any atom is 0.246 e. The number of aromatic nitrogens is 2. The van der Waals surface area contributed by atoms with Gasteiger partial charge in [-0.1, -0.05) is 12.1 Å². The molecule has 7 heteroatoms. The number of halogens is 1. The Morgan fingerprint density at radius 2 is 2.20 bits per heavy atom. The van der Waals surface area contributed by atoms with E-state index in [1.54, 1.807) is 6.07 Å². The smallest absolute Gasteiger partial charge is 0.246 e. The molecule has 0 saturated carbocycles. The summed E-state index contributed by atoms with van der Waals surface area (Å²) in [6.45, 7) is 5.19. The fourth-order valence-corrected chi connectivity index (χ4v) is 2.99. The molecule has 0 spiro atoms. The highest BCUT2D eigenvalue weighted by molar-refractivity contribution is 5.77. The third kappa shape index (κ3) is 4.43. The van der Waals surface area contributed by atoms with E-state index in [4.69, 9.17) is 4.74 Å². The zero-order valence-corrected chi connectivity index (χ0v) is 14.6. The van der Waals surface area contributed by atoms with Crippen molar-refractivity contribution in [1.82, 2.24) is 20.0 Å². The van der Waals surface area contributed by atoms with E-state index in [0.717, 1.165) is 30.0 Å². The number of ether oxygens (including phenoxy) is 1. The zero-order valence-electron chi connectivity index (χ0n) is 14.6. The second-order valence-electron chi connectivity index (χ2n) is 6.37. The quantitative estimate of drug-likeness (QED) is 0.863. The minimum Gasteiger partial charge on any atom is -0.375 e. The van der Waals surface area contributed by atoms with Crippen LogP contribution in [0.15, 0.2) is 24.3 Å². The lowest BCUT2D eigenvalue weighted by Crippen LogP contribution is -2.33. The van der Waals surface area contributed by atoms with Crippen LogP contribution in [0.1, 0.15) is 22.5 Å². The SMILES string of the molecule is COCC(=O)NCc1cc2n(n1)CCN(Cc1ccc(C)cc1F)C2. The monoisotopic (exact) mass is 346 g/mol. The molecule has 0 aliphatic carbocycles. The second kappa shape index (κ2) is 7.76. The van der Waals surface area contributed by atoms with Crippen molar-refractivity contribution < 1.29 is 13.9 Å². The molecular formula is C18H23FN4O2. The Balaban J connectivity index is 1.60. The van der Waals surface area contributed by atoms with Crippen LogP contribution in [0.4, 0.5) is 4.39 Å². The molecule has 1 aromatic carbocycles. The van der Waals surface area contributed by atoms with Gasteiger partial charge in [-0.15, -0.1) is 0 Å². The topological polar surface area (TPSA) is 59.4 Å². The van der Waals surface area contributed by atoms with Crippen LogP contribution < -0.4 is 5.32 Å². The summed E-state index contributed by atoms with van der Waals surface area (Å²) >= 11 is 0. The number of rotatable bonds is 6. The summed E-state index contributed by atoms with van der Waals surface area (Å²) in [5.41, 5.74) is 3.54. The van der Waals surface area contributed by atoms with Crippen molar-refractivity contribution in [1.29, 1.82) is 0 Å². The molecule has 1 amide bonds. The minimum atomic E-state index is -0.162. The van der Waals surface area contributed by atoms with Crippen LogP contribution in [0.3, 0.4) is 0 Å². The first kappa shape index (κ1) is 17.6. The van der Waals surface area contributed by atoms with Gasteiger partial charge >= 0.3 is 0 Å². The molecule has 0 bridgehead atoms. The van der Waals surface area contributed by atoms with E-state index in [1.165, 1.54) is 7.11 Å². The average molecular weight is 346 g/mol. The molecule has 0 saturated heterocycles. The average Bonchev–Trinajstić information content (AvgIpc) is 2.98. The van der Waals surface area contributed by atoms with Crippen LogP contribution in [0.5, 0.6) is 0 Å². The summed E-state index contributed by atoms with van der Waals surface area (Å²) in [5, 5.41) is 7.28. The Hall–Kier alpha value is -2.25. The molecule has 0 fully saturated rings. The number of carbonyl (C=O) groups excluding carboxylic acids is 1. The highest BCUT2D eigenvalue weighted by Crippen LogP contribution is 2.18. The molecule has 2 heterocycles. The van der Waals surface area contributed by atoms with Gasteiger partial charge in [0.1, 0.15) is 12.4 Å². The highest BCUT2D eigenvalue weighted by Gasteiger charge is 2.19. The molecule has 2 aromatic rings. The molecule has 1 aliphatic heterocycles. The van der Waals surface area contributed by atoms with E-state index in [9.17, 15) is 9.18 Å². The van der Waals surface area contributed by atoms with Gasteiger partial charge in [0, 0.05) is 32.3 Å². The Morgan fingerprint density at radius 3 is 2.96 bits per heavy atom. The van der Waals surface area contributed by atoms with Gasteiger partial charge in [0.2, 0.25) is 5.91 Å². The lowest BCUT2D eigenvalue weighted by molar-refractivity contribution is -0.124. The Labute approximate surface area is 146 Å². The van der Waals surface area contributed by atoms with Crippen molar-refractivity contribution in [2.24, 2.45) is 0 Å². The first-order valence-corrected chi connectivity index (χ1v) is 8.34. The predicted octanol–water partition coefficient (Wildman–Crippen LogP) is 1.61. The molecule has 0 unspecified atom stereocenters. The molecule has 1 N–H and O–H groups in total. The normalized spacial score (nSPS) is 14.4. The summed E-state index contributed by atoms with van der Waals surface area (Å²) in [7, 11) is 1.49. The maximum atomic E-state index is 14.0. The number of carbonyl (C=O) groups is 1. The molecule has 1 aromatic heterocycles. The maximum absolute atomic E-state index is 14.0. The molecule has 3 rings (SSSR count). The Kier molecular flexibility index (Phi) is 5.45. The predicted molar refractivity (Wildman–Crippen MR) is 91.2 cm³/mol. The van der Waals surface area contributed by atoms with Crippen molar-refractivity contribution in [3.63, 3.8) is 0 Å². The molecule has 0 atom stereocenters. The zero-order chi connectivity index (χ0) is 17.8. The van der Waals surface area contributed by atoms with Crippen molar-refractivity contribution in [3.05, 3.63) is 52.6 Å². The summed E-state index contributed by atoms with van der Waals surface area (Å²) in [5.74, 6) is -0.314. The van der Waals surface area contributed by atoms with Crippen LogP contribution in [-0.2, 0) is 35.7 Å².